The monoisotopic (exact) mass is 583 g/mol. The molecule has 0 saturated carbocycles. The van der Waals surface area contributed by atoms with Crippen molar-refractivity contribution in [1.29, 1.82) is 0 Å². The maximum absolute atomic E-state index is 10.9. The van der Waals surface area contributed by atoms with E-state index in [1.807, 2.05) is 0 Å². The van der Waals surface area contributed by atoms with Crippen LogP contribution in [0.25, 0.3) is 0 Å². The first kappa shape index (κ1) is 40.8. The van der Waals surface area contributed by atoms with E-state index in [2.05, 4.69) is 37.8 Å². The summed E-state index contributed by atoms with van der Waals surface area (Å²) in [5.74, 6) is 0. The molecule has 0 radical (unpaired) electrons. The summed E-state index contributed by atoms with van der Waals surface area (Å²) in [4.78, 5) is 0. The Morgan fingerprint density at radius 1 is 0.390 bits per heavy atom. The second-order valence-corrected chi connectivity index (χ2v) is 13.3. The minimum Gasteiger partial charge on any atom is -0.392 e. The highest BCUT2D eigenvalue weighted by Gasteiger charge is 2.18. The zero-order valence-corrected chi connectivity index (χ0v) is 28.9. The van der Waals surface area contributed by atoms with Gasteiger partial charge in [0.25, 0.3) is 0 Å². The maximum Gasteiger partial charge on any atom is 0.0681 e. The molecule has 0 amide bonds. The van der Waals surface area contributed by atoms with Gasteiger partial charge in [0.2, 0.25) is 0 Å². The Morgan fingerprint density at radius 2 is 0.683 bits per heavy atom. The molecule has 41 heavy (non-hydrogen) atoms. The van der Waals surface area contributed by atoms with Crippen LogP contribution >= 0.6 is 0 Å². The molecule has 0 fully saturated rings. The van der Waals surface area contributed by atoms with Crippen molar-refractivity contribution in [3.05, 3.63) is 0 Å². The lowest BCUT2D eigenvalue weighted by molar-refractivity contribution is -0.0603. The van der Waals surface area contributed by atoms with Crippen LogP contribution in [0.15, 0.2) is 0 Å². The summed E-state index contributed by atoms with van der Waals surface area (Å²) in [6.07, 6.45) is 35.6. The van der Waals surface area contributed by atoms with Crippen molar-refractivity contribution in [1.82, 2.24) is 10.0 Å². The van der Waals surface area contributed by atoms with Gasteiger partial charge in [-0.1, -0.05) is 181 Å². The van der Waals surface area contributed by atoms with Gasteiger partial charge in [-0.2, -0.15) is 0 Å². The lowest BCUT2D eigenvalue weighted by Crippen LogP contribution is -2.47. The predicted molar refractivity (Wildman–Crippen MR) is 183 cm³/mol. The van der Waals surface area contributed by atoms with Crippen molar-refractivity contribution in [2.45, 2.75) is 213 Å². The van der Waals surface area contributed by atoms with Gasteiger partial charge in [-0.05, 0) is 19.3 Å². The lowest BCUT2D eigenvalue weighted by atomic mass is 10.1. The Kier molecular flexibility index (Phi) is 32.6. The van der Waals surface area contributed by atoms with Crippen LogP contribution in [0, 0.1) is 0 Å². The van der Waals surface area contributed by atoms with Crippen LogP contribution in [0.5, 0.6) is 0 Å². The number of aliphatic hydroxyl groups excluding tert-OH is 2. The van der Waals surface area contributed by atoms with Crippen LogP contribution in [-0.2, 0) is 0 Å². The van der Waals surface area contributed by atoms with Crippen LogP contribution in [0.2, 0.25) is 0 Å². The van der Waals surface area contributed by atoms with Gasteiger partial charge in [0.05, 0.1) is 12.2 Å². The van der Waals surface area contributed by atoms with Gasteiger partial charge < -0.3 is 10.2 Å². The molecule has 0 aliphatic rings. The molecule has 2 N–H and O–H groups in total. The number of unbranched alkanes of at least 4 members (excludes halogenated alkanes) is 23. The third-order valence-electron chi connectivity index (χ3n) is 8.93. The van der Waals surface area contributed by atoms with E-state index in [1.165, 1.54) is 154 Å². The predicted octanol–water partition coefficient (Wildman–Crippen LogP) is 10.8. The van der Waals surface area contributed by atoms with Gasteiger partial charge in [-0.25, -0.2) is 10.0 Å². The van der Waals surface area contributed by atoms with Gasteiger partial charge in [0.15, 0.2) is 0 Å². The Bertz CT molecular complexity index is 490. The quantitative estimate of drug-likeness (QED) is 0.0585. The van der Waals surface area contributed by atoms with Crippen LogP contribution in [-0.4, -0.2) is 59.1 Å². The third-order valence-corrected chi connectivity index (χ3v) is 8.93. The standard InChI is InChI=1S/C37H78N2O2/c1-5-8-11-14-17-20-21-24-27-30-33-39(35-37(41)32-29-26-23-19-16-13-10-7-3)38(4)34-36(40)31-28-25-22-18-15-12-9-6-2/h36-37,40-41H,5-35H2,1-4H3. The SMILES string of the molecule is CCCCCCCCCCCCN(CC(O)CCCCCCCCCC)N(C)CC(O)CCCCCCCCCC. The molecule has 0 bridgehead atoms. The van der Waals surface area contributed by atoms with Crippen molar-refractivity contribution in [3.8, 4) is 0 Å². The number of likely N-dealkylation sites (N-methyl/N-ethyl adjacent to an activating group) is 1. The van der Waals surface area contributed by atoms with Crippen LogP contribution in [0.1, 0.15) is 201 Å². The Hall–Kier alpha value is -0.160. The summed E-state index contributed by atoms with van der Waals surface area (Å²) in [6.45, 7) is 9.21. The van der Waals surface area contributed by atoms with Gasteiger partial charge in [0.1, 0.15) is 0 Å². The normalized spacial score (nSPS) is 13.5. The minimum absolute atomic E-state index is 0.273. The molecule has 2 unspecified atom stereocenters. The molecule has 0 aliphatic carbocycles. The fourth-order valence-electron chi connectivity index (χ4n) is 6.06. The molecule has 248 valence electrons. The van der Waals surface area contributed by atoms with Gasteiger partial charge in [0, 0.05) is 26.7 Å². The lowest BCUT2D eigenvalue weighted by Gasteiger charge is -2.35. The van der Waals surface area contributed by atoms with Crippen LogP contribution < -0.4 is 0 Å². The molecule has 4 nitrogen and oxygen atoms in total. The van der Waals surface area contributed by atoms with Gasteiger partial charge in [-0.15, -0.1) is 0 Å². The molecule has 0 aromatic carbocycles. The molecule has 0 saturated heterocycles. The van der Waals surface area contributed by atoms with E-state index in [9.17, 15) is 10.2 Å². The van der Waals surface area contributed by atoms with E-state index in [1.54, 1.807) is 0 Å². The first-order chi connectivity index (χ1) is 20.0. The smallest absolute Gasteiger partial charge is 0.0681 e. The highest BCUT2D eigenvalue weighted by Crippen LogP contribution is 2.15. The summed E-state index contributed by atoms with van der Waals surface area (Å²) in [7, 11) is 2.12. The fourth-order valence-corrected chi connectivity index (χ4v) is 6.06. The molecule has 0 rings (SSSR count). The van der Waals surface area contributed by atoms with Gasteiger partial charge in [-0.3, -0.25) is 0 Å². The first-order valence-electron chi connectivity index (χ1n) is 18.9. The number of nitrogens with zero attached hydrogens (tertiary/aromatic N) is 2. The summed E-state index contributed by atoms with van der Waals surface area (Å²) in [6, 6.07) is 0. The molecule has 4 heteroatoms. The molecular weight excluding hydrogens is 504 g/mol. The number of rotatable bonds is 34. The number of aliphatic hydroxyl groups is 2. The zero-order valence-electron chi connectivity index (χ0n) is 28.9. The molecule has 0 aromatic heterocycles. The first-order valence-corrected chi connectivity index (χ1v) is 18.9. The molecule has 0 heterocycles. The van der Waals surface area contributed by atoms with Crippen molar-refractivity contribution in [3.63, 3.8) is 0 Å². The molecule has 2 atom stereocenters. The minimum atomic E-state index is -0.278. The second-order valence-electron chi connectivity index (χ2n) is 13.3. The molecule has 0 aliphatic heterocycles. The van der Waals surface area contributed by atoms with E-state index < -0.39 is 0 Å². The number of hydrogen-bond donors (Lipinski definition) is 2. The molecule has 0 spiro atoms. The number of hydrazine groups is 1. The highest BCUT2D eigenvalue weighted by molar-refractivity contribution is 4.67. The topological polar surface area (TPSA) is 46.9 Å². The zero-order chi connectivity index (χ0) is 30.2. The number of hydrogen-bond acceptors (Lipinski definition) is 4. The second kappa shape index (κ2) is 32.7. The van der Waals surface area contributed by atoms with E-state index in [0.29, 0.717) is 13.1 Å². The largest absolute Gasteiger partial charge is 0.392 e. The highest BCUT2D eigenvalue weighted by atomic mass is 16.3. The molecular formula is C37H78N2O2. The Labute approximate surface area is 259 Å². The summed E-state index contributed by atoms with van der Waals surface area (Å²) < 4.78 is 0. The summed E-state index contributed by atoms with van der Waals surface area (Å²) >= 11 is 0. The summed E-state index contributed by atoms with van der Waals surface area (Å²) in [5, 5.41) is 26.2. The average molecular weight is 583 g/mol. The van der Waals surface area contributed by atoms with Gasteiger partial charge >= 0.3 is 0 Å². The fraction of sp³-hybridized carbons (Fsp3) is 1.00. The van der Waals surface area contributed by atoms with E-state index in [0.717, 1.165) is 32.2 Å². The average Bonchev–Trinajstić information content (AvgIpc) is 2.96. The Balaban J connectivity index is 4.36. The Morgan fingerprint density at radius 3 is 1.05 bits per heavy atom. The molecule has 0 aromatic rings. The van der Waals surface area contributed by atoms with Crippen LogP contribution in [0.3, 0.4) is 0 Å². The summed E-state index contributed by atoms with van der Waals surface area (Å²) in [5.41, 5.74) is 0. The van der Waals surface area contributed by atoms with E-state index >= 15 is 0 Å². The van der Waals surface area contributed by atoms with E-state index in [-0.39, 0.29) is 12.2 Å². The van der Waals surface area contributed by atoms with Crippen molar-refractivity contribution in [2.75, 3.05) is 26.7 Å². The van der Waals surface area contributed by atoms with Crippen molar-refractivity contribution >= 4 is 0 Å². The third kappa shape index (κ3) is 29.7. The maximum atomic E-state index is 10.9. The van der Waals surface area contributed by atoms with Crippen molar-refractivity contribution < 1.29 is 10.2 Å². The van der Waals surface area contributed by atoms with Crippen LogP contribution in [0.4, 0.5) is 0 Å². The van der Waals surface area contributed by atoms with E-state index in [4.69, 9.17) is 0 Å². The van der Waals surface area contributed by atoms with Crippen molar-refractivity contribution in [2.24, 2.45) is 0 Å².